The minimum atomic E-state index is -3.64. The summed E-state index contributed by atoms with van der Waals surface area (Å²) in [6.07, 6.45) is 0. The SMILES string of the molecule is CC1(C)OB(c2ccc3c(c2)c2cccc4c5ccccc5n3c42)OC1(C)C.F.O=S1(=O)c2ccc(-c3ccc(N(c4ccccc4)c4ccccc4)cc3)cc2-c2cc(-c3ccc4c(c3)c3cccc5c6ccccc6n4c53)ccc21.O=S1(=O)c2ccc(Br)cc2-c2cc(-c3ccc(N(c4ccccc4)c4ccccc4)cc3)ccc21. The molecule has 3 aliphatic heterocycles. The molecule has 0 aliphatic carbocycles. The topological polar surface area (TPSA) is 102 Å². The third-order valence-electron chi connectivity index (χ3n) is 23.9. The molecule has 117 heavy (non-hydrogen) atoms. The molecule has 0 N–H and O–H groups in total. The van der Waals surface area contributed by atoms with Crippen LogP contribution in [0, 0.1) is 0 Å². The van der Waals surface area contributed by atoms with E-state index in [0.29, 0.717) is 19.6 Å². The van der Waals surface area contributed by atoms with Gasteiger partial charge in [0.1, 0.15) is 0 Å². The molecule has 566 valence electrons. The lowest BCUT2D eigenvalue weighted by molar-refractivity contribution is 0.00578. The molecule has 0 radical (unpaired) electrons. The molecule has 0 bridgehead atoms. The molecule has 0 saturated carbocycles. The predicted molar refractivity (Wildman–Crippen MR) is 482 cm³/mol. The number of sulfone groups is 2. The Morgan fingerprint density at radius 2 is 0.573 bits per heavy atom. The fraction of sp³-hybridized carbons (Fsp3) is 0.0588. The van der Waals surface area contributed by atoms with Gasteiger partial charge in [0.05, 0.1) is 63.9 Å². The number of para-hydroxylation sites is 8. The summed E-state index contributed by atoms with van der Waals surface area (Å²) in [5.74, 6) is 0. The van der Waals surface area contributed by atoms with Crippen LogP contribution in [0.5, 0.6) is 0 Å². The minimum absolute atomic E-state index is 0. The highest BCUT2D eigenvalue weighted by Crippen LogP contribution is 2.51. The van der Waals surface area contributed by atoms with Gasteiger partial charge in [-0.2, -0.15) is 0 Å². The lowest BCUT2D eigenvalue weighted by Crippen LogP contribution is -2.41. The molecular weight excluding hydrogens is 1550 g/mol. The van der Waals surface area contributed by atoms with Crippen LogP contribution in [0.4, 0.5) is 38.8 Å². The van der Waals surface area contributed by atoms with E-state index in [9.17, 15) is 16.8 Å². The van der Waals surface area contributed by atoms with Crippen LogP contribution in [0.3, 0.4) is 0 Å². The van der Waals surface area contributed by atoms with Gasteiger partial charge in [-0.1, -0.05) is 222 Å². The summed E-state index contributed by atoms with van der Waals surface area (Å²) in [7, 11) is -7.47. The number of anilines is 6. The van der Waals surface area contributed by atoms with E-state index in [1.54, 1.807) is 30.3 Å². The zero-order chi connectivity index (χ0) is 78.5. The molecule has 0 spiro atoms. The van der Waals surface area contributed by atoms with Gasteiger partial charge >= 0.3 is 7.12 Å². The van der Waals surface area contributed by atoms with E-state index in [4.69, 9.17) is 9.31 Å². The van der Waals surface area contributed by atoms with Crippen LogP contribution >= 0.6 is 15.9 Å². The summed E-state index contributed by atoms with van der Waals surface area (Å²) in [6.45, 7) is 8.38. The van der Waals surface area contributed by atoms with Gasteiger partial charge in [-0.05, 0) is 224 Å². The van der Waals surface area contributed by atoms with E-state index in [0.717, 1.165) is 99.7 Å². The second-order valence-corrected chi connectivity index (χ2v) is 35.8. The van der Waals surface area contributed by atoms with Crippen LogP contribution in [-0.4, -0.2) is 44.0 Å². The number of rotatable bonds is 10. The van der Waals surface area contributed by atoms with Crippen LogP contribution in [-0.2, 0) is 29.0 Å². The Morgan fingerprint density at radius 3 is 0.983 bits per heavy atom. The van der Waals surface area contributed by atoms with Gasteiger partial charge in [0.15, 0.2) is 0 Å². The number of nitrogens with zero attached hydrogens (tertiary/aromatic N) is 4. The lowest BCUT2D eigenvalue weighted by atomic mass is 9.78. The van der Waals surface area contributed by atoms with Crippen molar-refractivity contribution < 1.29 is 30.8 Å². The Labute approximate surface area is 685 Å². The number of fused-ring (bicyclic) bond motifs is 18. The van der Waals surface area contributed by atoms with Crippen LogP contribution in [0.1, 0.15) is 27.7 Å². The molecule has 3 aliphatic rings. The molecule has 1 saturated heterocycles. The second kappa shape index (κ2) is 27.9. The average Bonchev–Trinajstić information content (AvgIpc) is 1.54. The smallest absolute Gasteiger partial charge is 0.399 e. The first kappa shape index (κ1) is 72.9. The monoisotopic (exact) mass is 1620 g/mol. The van der Waals surface area contributed by atoms with Crippen molar-refractivity contribution >= 4 is 158 Å². The predicted octanol–water partition coefficient (Wildman–Crippen LogP) is 26.1. The van der Waals surface area contributed by atoms with Crippen molar-refractivity contribution in [3.63, 3.8) is 0 Å². The first-order valence-electron chi connectivity index (χ1n) is 38.9. The number of hydrogen-bond acceptors (Lipinski definition) is 8. The van der Waals surface area contributed by atoms with E-state index in [1.807, 2.05) is 109 Å². The van der Waals surface area contributed by atoms with Crippen molar-refractivity contribution in [3.05, 3.63) is 368 Å². The van der Waals surface area contributed by atoms with Gasteiger partial charge in [-0.25, -0.2) is 16.8 Å². The van der Waals surface area contributed by atoms with E-state index < -0.39 is 19.7 Å². The van der Waals surface area contributed by atoms with Gasteiger partial charge in [-0.15, -0.1) is 0 Å². The van der Waals surface area contributed by atoms with E-state index >= 15 is 0 Å². The highest BCUT2D eigenvalue weighted by atomic mass is 79.9. The first-order chi connectivity index (χ1) is 56.4. The first-order valence-corrected chi connectivity index (χ1v) is 42.6. The molecule has 1 fully saturated rings. The minimum Gasteiger partial charge on any atom is -0.399 e. The normalized spacial score (nSPS) is 14.5. The van der Waals surface area contributed by atoms with Gasteiger partial charge < -0.3 is 27.9 Å². The summed E-state index contributed by atoms with van der Waals surface area (Å²) in [5.41, 5.74) is 23.2. The van der Waals surface area contributed by atoms with Crippen molar-refractivity contribution in [2.24, 2.45) is 0 Å². The molecule has 4 aromatic heterocycles. The number of aromatic nitrogens is 2. The van der Waals surface area contributed by atoms with Gasteiger partial charge in [0, 0.05) is 104 Å². The maximum atomic E-state index is 13.8. The summed E-state index contributed by atoms with van der Waals surface area (Å²) in [6, 6.07) is 124. The highest BCUT2D eigenvalue weighted by molar-refractivity contribution is 9.10. The third-order valence-corrected chi connectivity index (χ3v) is 28.2. The fourth-order valence-corrected chi connectivity index (χ4v) is 21.3. The van der Waals surface area contributed by atoms with E-state index in [-0.39, 0.29) is 23.0 Å². The molecule has 15 heteroatoms. The van der Waals surface area contributed by atoms with Crippen LogP contribution in [0.15, 0.2) is 388 Å². The Hall–Kier alpha value is -13.0. The standard InChI is InChI=1S/C48H30N2O2S.C30H20BrNO2S.C24H22BNO2.FH/c51-53(52)46-26-21-32(31-18-23-37(24-19-31)49(35-10-3-1-4-11-35)36-12-5-2-6-13-36)29-42(46)43-30-34(22-27-47(43)53)33-20-25-45-41(28-33)40-16-9-15-39-38-14-7-8-17-44(38)50(45)48(39)40;31-23-14-18-30-28(20-23)27-19-22(13-17-29(27)35(30,33)34)21-11-15-26(16-12-21)32(24-7-3-1-4-8-24)25-9-5-2-6-10-25;1-23(2)24(3,4)28-25(27-23)15-12-13-21-19(14-15)18-10-7-9-17-16-8-5-6-11-20(16)26(21)22(17)18;/h1-30H;1-20H;5-14H,1-4H3;1H. The summed E-state index contributed by atoms with van der Waals surface area (Å²) < 4.78 is 71.8. The van der Waals surface area contributed by atoms with Crippen molar-refractivity contribution in [1.82, 2.24) is 8.80 Å². The molecule has 10 nitrogen and oxygen atoms in total. The Bertz CT molecular complexity index is 7480. The lowest BCUT2D eigenvalue weighted by Gasteiger charge is -2.32. The molecule has 0 amide bonds. The van der Waals surface area contributed by atoms with Gasteiger partial charge in [0.25, 0.3) is 0 Å². The Kier molecular flexibility index (Phi) is 17.4. The summed E-state index contributed by atoms with van der Waals surface area (Å²) in [4.78, 5) is 5.90. The Morgan fingerprint density at radius 1 is 0.282 bits per heavy atom. The van der Waals surface area contributed by atoms with Crippen LogP contribution < -0.4 is 15.3 Å². The van der Waals surface area contributed by atoms with E-state index in [2.05, 4.69) is 287 Å². The zero-order valence-electron chi connectivity index (χ0n) is 64.1. The fourth-order valence-electron chi connectivity index (χ4n) is 17.6. The number of halogens is 2. The average molecular weight is 1620 g/mol. The van der Waals surface area contributed by atoms with Crippen molar-refractivity contribution in [2.45, 2.75) is 58.5 Å². The summed E-state index contributed by atoms with van der Waals surface area (Å²) >= 11 is 3.48. The molecule has 23 rings (SSSR count). The molecule has 0 atom stereocenters. The van der Waals surface area contributed by atoms with Gasteiger partial charge in [0.2, 0.25) is 19.7 Å². The largest absolute Gasteiger partial charge is 0.494 e. The van der Waals surface area contributed by atoms with Gasteiger partial charge in [-0.3, -0.25) is 4.70 Å². The number of benzene rings is 16. The zero-order valence-corrected chi connectivity index (χ0v) is 67.3. The van der Waals surface area contributed by atoms with Crippen LogP contribution in [0.25, 0.3) is 132 Å². The highest BCUT2D eigenvalue weighted by Gasteiger charge is 2.52. The molecule has 7 heterocycles. The van der Waals surface area contributed by atoms with Crippen LogP contribution in [0.2, 0.25) is 0 Å². The van der Waals surface area contributed by atoms with Crippen molar-refractivity contribution in [1.29, 1.82) is 0 Å². The molecular formula is C102H73BBrFN4O6S2. The summed E-state index contributed by atoms with van der Waals surface area (Å²) in [5, 5.41) is 10.1. The Balaban J connectivity index is 0.000000119. The third kappa shape index (κ3) is 11.8. The quantitative estimate of drug-likeness (QED) is 0.125. The molecule has 20 aromatic rings. The van der Waals surface area contributed by atoms with E-state index in [1.165, 1.54) is 76.2 Å². The molecule has 0 unspecified atom stereocenters. The van der Waals surface area contributed by atoms with Crippen molar-refractivity contribution in [3.8, 4) is 55.6 Å². The maximum Gasteiger partial charge on any atom is 0.494 e. The second-order valence-electron chi connectivity index (χ2n) is 31.1. The number of hydrogen-bond donors (Lipinski definition) is 0. The maximum absolute atomic E-state index is 13.8. The van der Waals surface area contributed by atoms with Crippen molar-refractivity contribution in [2.75, 3.05) is 9.80 Å². The molecule has 16 aromatic carbocycles.